The number of sulfonamides is 1. The van der Waals surface area contributed by atoms with Crippen molar-refractivity contribution in [2.24, 2.45) is 0 Å². The Morgan fingerprint density at radius 2 is 1.63 bits per heavy atom. The molecule has 0 aliphatic heterocycles. The minimum Gasteiger partial charge on any atom is -0.263 e. The molecule has 0 aliphatic carbocycles. The first-order valence-corrected chi connectivity index (χ1v) is 7.27. The van der Waals surface area contributed by atoms with E-state index in [4.69, 9.17) is 0 Å². The lowest BCUT2D eigenvalue weighted by molar-refractivity contribution is 0.601. The lowest BCUT2D eigenvalue weighted by Gasteiger charge is -2.08. The van der Waals surface area contributed by atoms with Gasteiger partial charge >= 0.3 is 0 Å². The number of hydrogen-bond acceptors (Lipinski definition) is 4. The van der Waals surface area contributed by atoms with E-state index in [9.17, 15) is 8.42 Å². The van der Waals surface area contributed by atoms with E-state index in [2.05, 4.69) is 14.7 Å². The predicted octanol–water partition coefficient (Wildman–Crippen LogP) is 2.20. The van der Waals surface area contributed by atoms with E-state index in [0.29, 0.717) is 11.5 Å². The van der Waals surface area contributed by atoms with Crippen LogP contribution in [-0.4, -0.2) is 18.4 Å². The number of nitrogens with one attached hydrogen (secondary N) is 1. The second-order valence-electron chi connectivity index (χ2n) is 4.36. The van der Waals surface area contributed by atoms with Gasteiger partial charge in [-0.1, -0.05) is 17.7 Å². The summed E-state index contributed by atoms with van der Waals surface area (Å²) in [5.74, 6) is 0.812. The van der Waals surface area contributed by atoms with Crippen molar-refractivity contribution in [3.05, 3.63) is 47.4 Å². The van der Waals surface area contributed by atoms with Crippen LogP contribution in [0.25, 0.3) is 0 Å². The van der Waals surface area contributed by atoms with Crippen molar-refractivity contribution in [3.63, 3.8) is 0 Å². The van der Waals surface area contributed by atoms with Crippen LogP contribution in [0.15, 0.2) is 35.2 Å². The van der Waals surface area contributed by atoms with Crippen LogP contribution in [0.3, 0.4) is 0 Å². The summed E-state index contributed by atoms with van der Waals surface area (Å²) < 4.78 is 26.8. The molecule has 6 heteroatoms. The number of nitrogens with zero attached hydrogens (tertiary/aromatic N) is 2. The second kappa shape index (κ2) is 4.97. The van der Waals surface area contributed by atoms with Gasteiger partial charge < -0.3 is 0 Å². The SMILES string of the molecule is Cc1ccc(S(=O)(=O)Nc2cc(C)nc(C)n2)cc1. The van der Waals surface area contributed by atoms with E-state index in [-0.39, 0.29) is 10.7 Å². The number of hydrogen-bond donors (Lipinski definition) is 1. The molecular weight excluding hydrogens is 262 g/mol. The quantitative estimate of drug-likeness (QED) is 0.933. The van der Waals surface area contributed by atoms with Gasteiger partial charge in [-0.2, -0.15) is 0 Å². The molecule has 0 saturated heterocycles. The second-order valence-corrected chi connectivity index (χ2v) is 6.04. The van der Waals surface area contributed by atoms with Crippen LogP contribution < -0.4 is 4.72 Å². The van der Waals surface area contributed by atoms with E-state index in [1.54, 1.807) is 44.2 Å². The summed E-state index contributed by atoms with van der Waals surface area (Å²) in [7, 11) is -3.60. The highest BCUT2D eigenvalue weighted by Crippen LogP contribution is 2.15. The summed E-state index contributed by atoms with van der Waals surface area (Å²) in [4.78, 5) is 8.38. The molecular formula is C13H15N3O2S. The van der Waals surface area contributed by atoms with Gasteiger partial charge in [0.15, 0.2) is 0 Å². The summed E-state index contributed by atoms with van der Waals surface area (Å²) in [5, 5.41) is 0. The normalized spacial score (nSPS) is 11.3. The average Bonchev–Trinajstić information content (AvgIpc) is 2.27. The fourth-order valence-corrected chi connectivity index (χ4v) is 2.68. The van der Waals surface area contributed by atoms with E-state index < -0.39 is 10.0 Å². The Morgan fingerprint density at radius 3 is 2.21 bits per heavy atom. The van der Waals surface area contributed by atoms with E-state index in [1.807, 2.05) is 6.92 Å². The minimum absolute atomic E-state index is 0.215. The van der Waals surface area contributed by atoms with E-state index in [1.165, 1.54) is 0 Å². The third-order valence-corrected chi connectivity index (χ3v) is 3.91. The maximum absolute atomic E-state index is 12.2. The third kappa shape index (κ3) is 3.29. The van der Waals surface area contributed by atoms with Gasteiger partial charge in [0.25, 0.3) is 10.0 Å². The smallest absolute Gasteiger partial charge is 0.263 e. The fraction of sp³-hybridized carbons (Fsp3) is 0.231. The lowest BCUT2D eigenvalue weighted by atomic mass is 10.2. The molecule has 100 valence electrons. The Bertz CT molecular complexity index is 674. The predicted molar refractivity (Wildman–Crippen MR) is 73.5 cm³/mol. The van der Waals surface area contributed by atoms with Gasteiger partial charge in [-0.3, -0.25) is 4.72 Å². The molecule has 0 amide bonds. The average molecular weight is 277 g/mol. The molecule has 2 rings (SSSR count). The molecule has 19 heavy (non-hydrogen) atoms. The molecule has 2 aromatic rings. The van der Waals surface area contributed by atoms with Crippen LogP contribution in [0.4, 0.5) is 5.82 Å². The van der Waals surface area contributed by atoms with Crippen molar-refractivity contribution in [1.29, 1.82) is 0 Å². The topological polar surface area (TPSA) is 72.0 Å². The first kappa shape index (κ1) is 13.5. The van der Waals surface area contributed by atoms with E-state index >= 15 is 0 Å². The van der Waals surface area contributed by atoms with Crippen LogP contribution in [0.5, 0.6) is 0 Å². The summed E-state index contributed by atoms with van der Waals surface area (Å²) in [6.07, 6.45) is 0. The Morgan fingerprint density at radius 1 is 1.00 bits per heavy atom. The van der Waals surface area contributed by atoms with Crippen LogP contribution in [0, 0.1) is 20.8 Å². The van der Waals surface area contributed by atoms with Crippen molar-refractivity contribution in [2.75, 3.05) is 4.72 Å². The van der Waals surface area contributed by atoms with Crippen LogP contribution in [0.1, 0.15) is 17.1 Å². The molecule has 1 aromatic carbocycles. The molecule has 1 aromatic heterocycles. The number of benzene rings is 1. The number of aromatic nitrogens is 2. The zero-order valence-electron chi connectivity index (χ0n) is 11.0. The largest absolute Gasteiger partial charge is 0.263 e. The van der Waals surface area contributed by atoms with Crippen LogP contribution in [0.2, 0.25) is 0 Å². The summed E-state index contributed by atoms with van der Waals surface area (Å²) in [6.45, 7) is 5.41. The van der Waals surface area contributed by atoms with Crippen molar-refractivity contribution >= 4 is 15.8 Å². The van der Waals surface area contributed by atoms with Crippen LogP contribution >= 0.6 is 0 Å². The number of rotatable bonds is 3. The zero-order valence-corrected chi connectivity index (χ0v) is 11.8. The maximum atomic E-state index is 12.2. The number of aryl methyl sites for hydroxylation is 3. The summed E-state index contributed by atoms with van der Waals surface area (Å²) >= 11 is 0. The van der Waals surface area contributed by atoms with Crippen molar-refractivity contribution < 1.29 is 8.42 Å². The van der Waals surface area contributed by atoms with Crippen molar-refractivity contribution in [2.45, 2.75) is 25.7 Å². The number of anilines is 1. The standard InChI is InChI=1S/C13H15N3O2S/c1-9-4-6-12(7-5-9)19(17,18)16-13-8-10(2)14-11(3)15-13/h4-8H,1-3H3,(H,14,15,16). The van der Waals surface area contributed by atoms with E-state index in [0.717, 1.165) is 5.56 Å². The lowest BCUT2D eigenvalue weighted by Crippen LogP contribution is -2.14. The molecule has 0 aliphatic rings. The van der Waals surface area contributed by atoms with Gasteiger partial charge in [-0.15, -0.1) is 0 Å². The fourth-order valence-electron chi connectivity index (χ4n) is 1.68. The van der Waals surface area contributed by atoms with Gasteiger partial charge in [0.05, 0.1) is 4.90 Å². The molecule has 5 nitrogen and oxygen atoms in total. The maximum Gasteiger partial charge on any atom is 0.263 e. The van der Waals surface area contributed by atoms with Crippen molar-refractivity contribution in [3.8, 4) is 0 Å². The minimum atomic E-state index is -3.60. The monoisotopic (exact) mass is 277 g/mol. The highest BCUT2D eigenvalue weighted by Gasteiger charge is 2.14. The first-order valence-electron chi connectivity index (χ1n) is 5.78. The molecule has 0 atom stereocenters. The van der Waals surface area contributed by atoms with Gasteiger partial charge in [-0.05, 0) is 32.9 Å². The molecule has 0 spiro atoms. The Labute approximate surface area is 112 Å². The van der Waals surface area contributed by atoms with Gasteiger partial charge in [0, 0.05) is 11.8 Å². The summed E-state index contributed by atoms with van der Waals surface area (Å²) in [5.41, 5.74) is 1.72. The third-order valence-electron chi connectivity index (χ3n) is 2.54. The Balaban J connectivity index is 2.33. The highest BCUT2D eigenvalue weighted by atomic mass is 32.2. The Kier molecular flexibility index (Phi) is 3.53. The molecule has 0 unspecified atom stereocenters. The Hall–Kier alpha value is -1.95. The molecule has 0 saturated carbocycles. The molecule has 1 N–H and O–H groups in total. The van der Waals surface area contributed by atoms with Gasteiger partial charge in [-0.25, -0.2) is 18.4 Å². The molecule has 0 fully saturated rings. The molecule has 0 bridgehead atoms. The molecule has 0 radical (unpaired) electrons. The summed E-state index contributed by atoms with van der Waals surface area (Å²) in [6, 6.07) is 8.24. The zero-order chi connectivity index (χ0) is 14.0. The van der Waals surface area contributed by atoms with Crippen molar-refractivity contribution in [1.82, 2.24) is 9.97 Å². The van der Waals surface area contributed by atoms with Gasteiger partial charge in [0.1, 0.15) is 11.6 Å². The van der Waals surface area contributed by atoms with Crippen LogP contribution in [-0.2, 0) is 10.0 Å². The first-order chi connectivity index (χ1) is 8.87. The highest BCUT2D eigenvalue weighted by molar-refractivity contribution is 7.92. The molecule has 1 heterocycles. The van der Waals surface area contributed by atoms with Gasteiger partial charge in [0.2, 0.25) is 0 Å².